The lowest BCUT2D eigenvalue weighted by molar-refractivity contribution is -0.119. The van der Waals surface area contributed by atoms with Crippen molar-refractivity contribution in [3.8, 4) is 0 Å². The summed E-state index contributed by atoms with van der Waals surface area (Å²) in [6.07, 6.45) is 0. The minimum Gasteiger partial charge on any atom is -0.384 e. The summed E-state index contributed by atoms with van der Waals surface area (Å²) in [5.41, 5.74) is 1.02. The molecule has 0 saturated heterocycles. The van der Waals surface area contributed by atoms with Gasteiger partial charge in [0.1, 0.15) is 5.78 Å². The Morgan fingerprint density at radius 2 is 2.00 bits per heavy atom. The Labute approximate surface area is 78.5 Å². The van der Waals surface area contributed by atoms with Crippen LogP contribution in [0.5, 0.6) is 0 Å². The molecular formula is C11H14O2. The molecule has 0 fully saturated rings. The Morgan fingerprint density at radius 1 is 1.38 bits per heavy atom. The van der Waals surface area contributed by atoms with Gasteiger partial charge in [-0.15, -0.1) is 0 Å². The van der Waals surface area contributed by atoms with Crippen molar-refractivity contribution in [2.24, 2.45) is 0 Å². The first-order valence-electron chi connectivity index (χ1n) is 4.30. The van der Waals surface area contributed by atoms with E-state index in [9.17, 15) is 4.79 Å². The molecule has 0 aromatic heterocycles. The summed E-state index contributed by atoms with van der Waals surface area (Å²) < 4.78 is 5.00. The van der Waals surface area contributed by atoms with Gasteiger partial charge in [0.25, 0.3) is 0 Å². The second-order valence-corrected chi connectivity index (χ2v) is 3.03. The SMILES string of the molecule is COCC(C(C)=O)c1ccccc1. The third-order valence-electron chi connectivity index (χ3n) is 2.03. The van der Waals surface area contributed by atoms with Gasteiger partial charge in [0, 0.05) is 7.11 Å². The number of rotatable bonds is 4. The molecule has 0 N–H and O–H groups in total. The van der Waals surface area contributed by atoms with Crippen LogP contribution >= 0.6 is 0 Å². The number of hydrogen-bond acceptors (Lipinski definition) is 2. The van der Waals surface area contributed by atoms with Gasteiger partial charge in [0.15, 0.2) is 0 Å². The van der Waals surface area contributed by atoms with Crippen molar-refractivity contribution in [2.75, 3.05) is 13.7 Å². The Bertz CT molecular complexity index is 267. The molecule has 2 heteroatoms. The van der Waals surface area contributed by atoms with E-state index < -0.39 is 0 Å². The minimum atomic E-state index is -0.119. The predicted molar refractivity (Wildman–Crippen MR) is 51.7 cm³/mol. The highest BCUT2D eigenvalue weighted by molar-refractivity contribution is 5.83. The second-order valence-electron chi connectivity index (χ2n) is 3.03. The molecule has 0 heterocycles. The maximum atomic E-state index is 11.3. The van der Waals surface area contributed by atoms with Gasteiger partial charge in [-0.1, -0.05) is 30.3 Å². The normalized spacial score (nSPS) is 12.5. The lowest BCUT2D eigenvalue weighted by atomic mass is 9.96. The van der Waals surface area contributed by atoms with Crippen LogP contribution in [0.15, 0.2) is 30.3 Å². The zero-order valence-corrected chi connectivity index (χ0v) is 7.99. The van der Waals surface area contributed by atoms with Crippen LogP contribution in [-0.2, 0) is 9.53 Å². The van der Waals surface area contributed by atoms with E-state index in [1.807, 2.05) is 30.3 Å². The molecule has 70 valence electrons. The fraction of sp³-hybridized carbons (Fsp3) is 0.364. The van der Waals surface area contributed by atoms with Crippen LogP contribution in [0.3, 0.4) is 0 Å². The molecule has 0 aliphatic heterocycles. The Balaban J connectivity index is 2.82. The van der Waals surface area contributed by atoms with Crippen LogP contribution in [0.4, 0.5) is 0 Å². The zero-order valence-electron chi connectivity index (χ0n) is 7.99. The van der Waals surface area contributed by atoms with Gasteiger partial charge < -0.3 is 4.74 Å². The van der Waals surface area contributed by atoms with E-state index in [-0.39, 0.29) is 11.7 Å². The zero-order chi connectivity index (χ0) is 9.68. The summed E-state index contributed by atoms with van der Waals surface area (Å²) in [5.74, 6) is 0.0271. The molecule has 0 bridgehead atoms. The maximum Gasteiger partial charge on any atom is 0.139 e. The number of hydrogen-bond donors (Lipinski definition) is 0. The first-order valence-corrected chi connectivity index (χ1v) is 4.30. The lowest BCUT2D eigenvalue weighted by Gasteiger charge is -2.12. The Kier molecular flexibility index (Phi) is 3.65. The van der Waals surface area contributed by atoms with Crippen molar-refractivity contribution >= 4 is 5.78 Å². The highest BCUT2D eigenvalue weighted by Gasteiger charge is 2.15. The van der Waals surface area contributed by atoms with Crippen molar-refractivity contribution in [3.63, 3.8) is 0 Å². The molecule has 13 heavy (non-hydrogen) atoms. The molecule has 0 amide bonds. The van der Waals surface area contributed by atoms with Crippen LogP contribution in [0, 0.1) is 0 Å². The number of Topliss-reactive ketones (excluding diaryl/α,β-unsaturated/α-hetero) is 1. The van der Waals surface area contributed by atoms with Crippen LogP contribution in [0.25, 0.3) is 0 Å². The molecule has 0 radical (unpaired) electrons. The fourth-order valence-corrected chi connectivity index (χ4v) is 1.30. The molecule has 0 spiro atoms. The van der Waals surface area contributed by atoms with Crippen molar-refractivity contribution in [1.29, 1.82) is 0 Å². The smallest absolute Gasteiger partial charge is 0.139 e. The lowest BCUT2D eigenvalue weighted by Crippen LogP contribution is -2.14. The second kappa shape index (κ2) is 4.77. The predicted octanol–water partition coefficient (Wildman–Crippen LogP) is 2.01. The van der Waals surface area contributed by atoms with E-state index in [0.717, 1.165) is 5.56 Å². The van der Waals surface area contributed by atoms with E-state index in [0.29, 0.717) is 6.61 Å². The van der Waals surface area contributed by atoms with Crippen LogP contribution in [-0.4, -0.2) is 19.5 Å². The summed E-state index contributed by atoms with van der Waals surface area (Å²) >= 11 is 0. The highest BCUT2D eigenvalue weighted by atomic mass is 16.5. The van der Waals surface area contributed by atoms with Crippen molar-refractivity contribution < 1.29 is 9.53 Å². The van der Waals surface area contributed by atoms with Crippen LogP contribution < -0.4 is 0 Å². The summed E-state index contributed by atoms with van der Waals surface area (Å²) in [6.45, 7) is 2.05. The Morgan fingerprint density at radius 3 is 2.46 bits per heavy atom. The summed E-state index contributed by atoms with van der Waals surface area (Å²) in [6, 6.07) is 9.70. The average molecular weight is 178 g/mol. The van der Waals surface area contributed by atoms with Crippen molar-refractivity contribution in [2.45, 2.75) is 12.8 Å². The van der Waals surface area contributed by atoms with E-state index in [4.69, 9.17) is 4.74 Å². The first-order chi connectivity index (χ1) is 6.25. The minimum absolute atomic E-state index is 0.119. The molecular weight excluding hydrogens is 164 g/mol. The van der Waals surface area contributed by atoms with Gasteiger partial charge >= 0.3 is 0 Å². The van der Waals surface area contributed by atoms with E-state index in [2.05, 4.69) is 0 Å². The molecule has 0 aliphatic carbocycles. The molecule has 1 rings (SSSR count). The first kappa shape index (κ1) is 9.93. The summed E-state index contributed by atoms with van der Waals surface area (Å²) in [4.78, 5) is 11.3. The third kappa shape index (κ3) is 2.67. The number of carbonyl (C=O) groups is 1. The number of methoxy groups -OCH3 is 1. The molecule has 2 nitrogen and oxygen atoms in total. The number of benzene rings is 1. The van der Waals surface area contributed by atoms with Gasteiger partial charge in [-0.25, -0.2) is 0 Å². The van der Waals surface area contributed by atoms with E-state index in [1.54, 1.807) is 14.0 Å². The van der Waals surface area contributed by atoms with Crippen molar-refractivity contribution in [3.05, 3.63) is 35.9 Å². The molecule has 1 aromatic carbocycles. The highest BCUT2D eigenvalue weighted by Crippen LogP contribution is 2.16. The Hall–Kier alpha value is -1.15. The monoisotopic (exact) mass is 178 g/mol. The molecule has 1 atom stereocenters. The van der Waals surface area contributed by atoms with Gasteiger partial charge in [-0.3, -0.25) is 4.79 Å². The standard InChI is InChI=1S/C11H14O2/c1-9(12)11(8-13-2)10-6-4-3-5-7-10/h3-7,11H,8H2,1-2H3. The van der Waals surface area contributed by atoms with Crippen molar-refractivity contribution in [1.82, 2.24) is 0 Å². The van der Waals surface area contributed by atoms with E-state index in [1.165, 1.54) is 0 Å². The van der Waals surface area contributed by atoms with Gasteiger partial charge in [-0.05, 0) is 12.5 Å². The molecule has 1 aromatic rings. The number of ether oxygens (including phenoxy) is 1. The fourth-order valence-electron chi connectivity index (χ4n) is 1.30. The average Bonchev–Trinajstić information content (AvgIpc) is 2.15. The topological polar surface area (TPSA) is 26.3 Å². The van der Waals surface area contributed by atoms with Gasteiger partial charge in [-0.2, -0.15) is 0 Å². The third-order valence-corrected chi connectivity index (χ3v) is 2.03. The molecule has 0 aliphatic rings. The summed E-state index contributed by atoms with van der Waals surface area (Å²) in [5, 5.41) is 0. The van der Waals surface area contributed by atoms with Gasteiger partial charge in [0.05, 0.1) is 12.5 Å². The van der Waals surface area contributed by atoms with Gasteiger partial charge in [0.2, 0.25) is 0 Å². The largest absolute Gasteiger partial charge is 0.384 e. The number of carbonyl (C=O) groups excluding carboxylic acids is 1. The maximum absolute atomic E-state index is 11.3. The molecule has 0 saturated carbocycles. The van der Waals surface area contributed by atoms with Crippen LogP contribution in [0.2, 0.25) is 0 Å². The number of ketones is 1. The quantitative estimate of drug-likeness (QED) is 0.705. The summed E-state index contributed by atoms with van der Waals surface area (Å²) in [7, 11) is 1.61. The van der Waals surface area contributed by atoms with Crippen LogP contribution in [0.1, 0.15) is 18.4 Å². The van der Waals surface area contributed by atoms with E-state index >= 15 is 0 Å². The molecule has 1 unspecified atom stereocenters.